The molecule has 0 heterocycles. The third-order valence-electron chi connectivity index (χ3n) is 3.16. The molecule has 98 valence electrons. The number of hydrogen-bond donors (Lipinski definition) is 0. The summed E-state index contributed by atoms with van der Waals surface area (Å²) in [5.74, 6) is -1.66. The summed E-state index contributed by atoms with van der Waals surface area (Å²) in [6.07, 6.45) is 0.394. The Labute approximate surface area is 149 Å². The van der Waals surface area contributed by atoms with Gasteiger partial charge in [0.15, 0.2) is 0 Å². The maximum atomic E-state index is 11.9. The molecule has 1 aromatic rings. The summed E-state index contributed by atoms with van der Waals surface area (Å²) in [5.41, 5.74) is 1.27. The van der Waals surface area contributed by atoms with Gasteiger partial charge in [0.25, 0.3) is 0 Å². The molecule has 0 bridgehead atoms. The van der Waals surface area contributed by atoms with Gasteiger partial charge in [-0.15, -0.1) is 0 Å². The van der Waals surface area contributed by atoms with E-state index in [1.807, 2.05) is 18.2 Å². The number of aryl methyl sites for hydroxylation is 1. The van der Waals surface area contributed by atoms with Crippen molar-refractivity contribution in [2.45, 2.75) is 39.0 Å². The number of benzene rings is 1. The van der Waals surface area contributed by atoms with Crippen LogP contribution in [0.3, 0.4) is 0 Å². The molecule has 0 atom stereocenters. The summed E-state index contributed by atoms with van der Waals surface area (Å²) in [6, 6.07) is 5.84. The van der Waals surface area contributed by atoms with Crippen molar-refractivity contribution >= 4 is 34.3 Å². The largest absolute Gasteiger partial charge is 1.00 e. The van der Waals surface area contributed by atoms with Crippen LogP contribution >= 0.6 is 22.6 Å². The van der Waals surface area contributed by atoms with Crippen LogP contribution in [0.5, 0.6) is 0 Å². The number of carboxylic acids is 1. The van der Waals surface area contributed by atoms with E-state index in [-0.39, 0.29) is 35.3 Å². The Kier molecular flexibility index (Phi) is 7.80. The van der Waals surface area contributed by atoms with Gasteiger partial charge in [-0.25, -0.2) is 0 Å². The maximum Gasteiger partial charge on any atom is 1.00 e. The van der Waals surface area contributed by atoms with Gasteiger partial charge in [0.2, 0.25) is 0 Å². The van der Waals surface area contributed by atoms with Crippen molar-refractivity contribution in [2.75, 3.05) is 0 Å². The van der Waals surface area contributed by atoms with Gasteiger partial charge < -0.3 is 9.90 Å². The van der Waals surface area contributed by atoms with Gasteiger partial charge in [0.1, 0.15) is 5.78 Å². The number of hydrogen-bond acceptors (Lipinski definition) is 3. The van der Waals surface area contributed by atoms with Gasteiger partial charge in [-0.1, -0.05) is 19.1 Å². The second-order valence-electron chi connectivity index (χ2n) is 4.76. The Bertz CT molecular complexity index is 484. The Hall–Kier alpha value is 0.0900. The molecule has 0 radical (unpaired) electrons. The minimum absolute atomic E-state index is 0. The van der Waals surface area contributed by atoms with Crippen molar-refractivity contribution in [1.29, 1.82) is 0 Å². The fourth-order valence-electron chi connectivity index (χ4n) is 1.74. The average Bonchev–Trinajstić information content (AvgIpc) is 2.27. The topological polar surface area (TPSA) is 57.2 Å². The zero-order valence-corrected chi connectivity index (χ0v) is 15.9. The van der Waals surface area contributed by atoms with Crippen molar-refractivity contribution in [3.63, 3.8) is 0 Å². The van der Waals surface area contributed by atoms with Gasteiger partial charge in [0.05, 0.1) is 0 Å². The first kappa shape index (κ1) is 19.1. The summed E-state index contributed by atoms with van der Waals surface area (Å²) in [7, 11) is 0. The first-order valence-electron chi connectivity index (χ1n) is 5.81. The van der Waals surface area contributed by atoms with E-state index in [1.54, 1.807) is 13.8 Å². The SMILES string of the molecule is CCc1ccc(C(C)(C)C(=O)CC(=O)[O-])cc1I.[Na+]. The molecule has 0 aliphatic rings. The number of halogens is 1. The van der Waals surface area contributed by atoms with Crippen LogP contribution in [0.4, 0.5) is 0 Å². The molecule has 1 rings (SSSR count). The first-order valence-corrected chi connectivity index (χ1v) is 6.89. The summed E-state index contributed by atoms with van der Waals surface area (Å²) in [6.45, 7) is 5.56. The molecule has 0 saturated heterocycles. The Morgan fingerprint density at radius 3 is 2.32 bits per heavy atom. The summed E-state index contributed by atoms with van der Waals surface area (Å²) in [4.78, 5) is 22.4. The third kappa shape index (κ3) is 4.85. The molecule has 0 aromatic heterocycles. The minimum atomic E-state index is -1.33. The van der Waals surface area contributed by atoms with Crippen molar-refractivity contribution in [3.05, 3.63) is 32.9 Å². The van der Waals surface area contributed by atoms with E-state index in [1.165, 1.54) is 5.56 Å². The van der Waals surface area contributed by atoms with E-state index in [9.17, 15) is 14.7 Å². The van der Waals surface area contributed by atoms with E-state index in [0.717, 1.165) is 15.6 Å². The van der Waals surface area contributed by atoms with Crippen molar-refractivity contribution in [1.82, 2.24) is 0 Å². The van der Waals surface area contributed by atoms with Crippen molar-refractivity contribution < 1.29 is 44.3 Å². The normalized spacial score (nSPS) is 10.7. The van der Waals surface area contributed by atoms with E-state index >= 15 is 0 Å². The van der Waals surface area contributed by atoms with E-state index in [2.05, 4.69) is 29.5 Å². The van der Waals surface area contributed by atoms with Crippen molar-refractivity contribution in [2.24, 2.45) is 0 Å². The number of rotatable bonds is 5. The predicted octanol–water partition coefficient (Wildman–Crippen LogP) is -1.16. The van der Waals surface area contributed by atoms with Crippen LogP contribution < -0.4 is 34.7 Å². The molecular formula is C14H16INaO3. The predicted molar refractivity (Wildman–Crippen MR) is 76.2 cm³/mol. The fraction of sp³-hybridized carbons (Fsp3) is 0.429. The molecule has 5 heteroatoms. The van der Waals surface area contributed by atoms with Crippen LogP contribution in [0.25, 0.3) is 0 Å². The van der Waals surface area contributed by atoms with E-state index < -0.39 is 17.8 Å². The molecule has 3 nitrogen and oxygen atoms in total. The van der Waals surface area contributed by atoms with Crippen LogP contribution in [0.1, 0.15) is 38.3 Å². The molecule has 0 saturated carbocycles. The minimum Gasteiger partial charge on any atom is -0.550 e. The van der Waals surface area contributed by atoms with Crippen molar-refractivity contribution in [3.8, 4) is 0 Å². The first-order chi connectivity index (χ1) is 8.28. The smallest absolute Gasteiger partial charge is 0.550 e. The van der Waals surface area contributed by atoms with Crippen LogP contribution in [-0.4, -0.2) is 11.8 Å². The zero-order chi connectivity index (χ0) is 13.9. The number of aliphatic carboxylic acids is 1. The van der Waals surface area contributed by atoms with Crippen LogP contribution in [0, 0.1) is 3.57 Å². The number of carbonyl (C=O) groups is 2. The summed E-state index contributed by atoms with van der Waals surface area (Å²) >= 11 is 2.23. The van der Waals surface area contributed by atoms with Gasteiger partial charge in [0, 0.05) is 21.4 Å². The standard InChI is InChI=1S/C14H17IO3.Na/c1-4-9-5-6-10(7-11(9)15)14(2,3)12(16)8-13(17)18;/h5-7H,4,8H2,1-3H3,(H,17,18);/q;+1/p-1. The number of Topliss-reactive ketones (excluding diaryl/α,β-unsaturated/α-hetero) is 1. The van der Waals surface area contributed by atoms with Gasteiger partial charge >= 0.3 is 29.6 Å². The van der Waals surface area contributed by atoms with Crippen LogP contribution in [0.15, 0.2) is 18.2 Å². The molecule has 0 fully saturated rings. The van der Waals surface area contributed by atoms with Gasteiger partial charge in [-0.2, -0.15) is 0 Å². The molecule has 0 spiro atoms. The maximum absolute atomic E-state index is 11.9. The zero-order valence-electron chi connectivity index (χ0n) is 11.7. The van der Waals surface area contributed by atoms with Crippen LogP contribution in [0.2, 0.25) is 0 Å². The second kappa shape index (κ2) is 7.76. The van der Waals surface area contributed by atoms with E-state index in [0.29, 0.717) is 0 Å². The molecule has 0 aliphatic heterocycles. The monoisotopic (exact) mass is 382 g/mol. The molecule has 0 amide bonds. The Morgan fingerprint density at radius 2 is 1.89 bits per heavy atom. The fourth-order valence-corrected chi connectivity index (χ4v) is 2.63. The van der Waals surface area contributed by atoms with Crippen LogP contribution in [-0.2, 0) is 21.4 Å². The molecule has 0 aliphatic carbocycles. The molecular weight excluding hydrogens is 366 g/mol. The number of carbonyl (C=O) groups excluding carboxylic acids is 2. The molecule has 0 N–H and O–H groups in total. The Balaban J connectivity index is 0.00000324. The summed E-state index contributed by atoms with van der Waals surface area (Å²) in [5, 5.41) is 10.5. The van der Waals surface area contributed by atoms with Gasteiger partial charge in [-0.3, -0.25) is 4.79 Å². The molecule has 0 unspecified atom stereocenters. The second-order valence-corrected chi connectivity index (χ2v) is 5.92. The van der Waals surface area contributed by atoms with E-state index in [4.69, 9.17) is 0 Å². The van der Waals surface area contributed by atoms with Gasteiger partial charge in [-0.05, 0) is 60.1 Å². The average molecular weight is 382 g/mol. The third-order valence-corrected chi connectivity index (χ3v) is 4.16. The summed E-state index contributed by atoms with van der Waals surface area (Å²) < 4.78 is 1.10. The molecule has 19 heavy (non-hydrogen) atoms. The quantitative estimate of drug-likeness (QED) is 0.367. The molecule has 1 aromatic carbocycles. The number of ketones is 1. The Morgan fingerprint density at radius 1 is 1.32 bits per heavy atom. The number of carboxylic acid groups (broad SMARTS) is 1.